The number of benzene rings is 1. The Morgan fingerprint density at radius 3 is 2.43 bits per heavy atom. The molecule has 0 saturated carbocycles. The van der Waals surface area contributed by atoms with E-state index < -0.39 is 0 Å². The van der Waals surface area contributed by atoms with Crippen molar-refractivity contribution >= 4 is 5.91 Å². The molecule has 0 spiro atoms. The molecule has 1 aliphatic heterocycles. The summed E-state index contributed by atoms with van der Waals surface area (Å²) in [5.74, 6) is 1.73. The van der Waals surface area contributed by atoms with Gasteiger partial charge in [-0.1, -0.05) is 0 Å². The molecule has 1 atom stereocenters. The van der Waals surface area contributed by atoms with Gasteiger partial charge in [0.1, 0.15) is 11.9 Å². The van der Waals surface area contributed by atoms with Gasteiger partial charge in [-0.25, -0.2) is 0 Å². The number of methoxy groups -OCH3 is 3. The highest BCUT2D eigenvalue weighted by Gasteiger charge is 2.23. The van der Waals surface area contributed by atoms with Crippen molar-refractivity contribution in [2.75, 3.05) is 27.9 Å². The minimum Gasteiger partial charge on any atom is -0.496 e. The molecule has 0 radical (unpaired) electrons. The molecule has 0 aromatic heterocycles. The van der Waals surface area contributed by atoms with Crippen LogP contribution in [0, 0.1) is 0 Å². The van der Waals surface area contributed by atoms with Crippen LogP contribution in [0.3, 0.4) is 0 Å². The Kier molecular flexibility index (Phi) is 5.27. The van der Waals surface area contributed by atoms with Crippen molar-refractivity contribution in [3.05, 3.63) is 17.7 Å². The van der Waals surface area contributed by atoms with Crippen molar-refractivity contribution < 1.29 is 23.7 Å². The third-order valence-corrected chi connectivity index (χ3v) is 3.46. The summed E-state index contributed by atoms with van der Waals surface area (Å²) in [5, 5.41) is 2.86. The predicted molar refractivity (Wildman–Crippen MR) is 76.9 cm³/mol. The highest BCUT2D eigenvalue weighted by Crippen LogP contribution is 2.34. The van der Waals surface area contributed by atoms with E-state index in [0.717, 1.165) is 18.4 Å². The zero-order chi connectivity index (χ0) is 15.2. The van der Waals surface area contributed by atoms with Crippen LogP contribution >= 0.6 is 0 Å². The van der Waals surface area contributed by atoms with Gasteiger partial charge in [-0.2, -0.15) is 0 Å². The lowest BCUT2D eigenvalue weighted by atomic mass is 10.1. The molecule has 6 heteroatoms. The largest absolute Gasteiger partial charge is 0.496 e. The van der Waals surface area contributed by atoms with E-state index in [9.17, 15) is 4.79 Å². The van der Waals surface area contributed by atoms with Gasteiger partial charge < -0.3 is 24.3 Å². The van der Waals surface area contributed by atoms with E-state index in [4.69, 9.17) is 18.9 Å². The van der Waals surface area contributed by atoms with Crippen LogP contribution in [0.15, 0.2) is 12.1 Å². The maximum absolute atomic E-state index is 12.0. The molecule has 1 aromatic rings. The highest BCUT2D eigenvalue weighted by atomic mass is 16.5. The highest BCUT2D eigenvalue weighted by molar-refractivity contribution is 5.81. The Morgan fingerprint density at radius 2 is 1.86 bits per heavy atom. The van der Waals surface area contributed by atoms with Crippen LogP contribution < -0.4 is 19.5 Å². The fourth-order valence-electron chi connectivity index (χ4n) is 2.31. The number of nitrogens with one attached hydrogen (secondary N) is 1. The van der Waals surface area contributed by atoms with Gasteiger partial charge in [0.2, 0.25) is 5.91 Å². The third kappa shape index (κ3) is 3.58. The summed E-state index contributed by atoms with van der Waals surface area (Å²) in [6.45, 7) is 1.000. The van der Waals surface area contributed by atoms with Crippen molar-refractivity contribution in [2.24, 2.45) is 0 Å². The summed E-state index contributed by atoms with van der Waals surface area (Å²) >= 11 is 0. The second-order valence-corrected chi connectivity index (χ2v) is 4.74. The molecule has 1 heterocycles. The van der Waals surface area contributed by atoms with Gasteiger partial charge in [-0.05, 0) is 18.9 Å². The maximum Gasteiger partial charge on any atom is 0.249 e. The zero-order valence-electron chi connectivity index (χ0n) is 12.6. The first-order valence-electron chi connectivity index (χ1n) is 6.87. The fraction of sp³-hybridized carbons (Fsp3) is 0.533. The van der Waals surface area contributed by atoms with Crippen molar-refractivity contribution in [1.29, 1.82) is 0 Å². The third-order valence-electron chi connectivity index (χ3n) is 3.46. The number of carbonyl (C=O) groups excluding carboxylic acids is 1. The maximum atomic E-state index is 12.0. The van der Waals surface area contributed by atoms with E-state index in [0.29, 0.717) is 30.4 Å². The lowest BCUT2D eigenvalue weighted by Gasteiger charge is -2.15. The van der Waals surface area contributed by atoms with E-state index in [1.165, 1.54) is 0 Å². The van der Waals surface area contributed by atoms with Gasteiger partial charge in [-0.3, -0.25) is 4.79 Å². The minimum atomic E-state index is -0.337. The van der Waals surface area contributed by atoms with E-state index in [1.54, 1.807) is 33.5 Å². The lowest BCUT2D eigenvalue weighted by Crippen LogP contribution is -2.33. The van der Waals surface area contributed by atoms with Crippen molar-refractivity contribution in [3.8, 4) is 17.2 Å². The van der Waals surface area contributed by atoms with Gasteiger partial charge in [0, 0.05) is 24.8 Å². The Labute approximate surface area is 124 Å². The zero-order valence-corrected chi connectivity index (χ0v) is 12.6. The second kappa shape index (κ2) is 7.17. The summed E-state index contributed by atoms with van der Waals surface area (Å²) in [6.07, 6.45) is 1.36. The van der Waals surface area contributed by atoms with Crippen LogP contribution in [-0.4, -0.2) is 39.9 Å². The minimum absolute atomic E-state index is 0.0932. The molecule has 21 heavy (non-hydrogen) atoms. The number of carbonyl (C=O) groups is 1. The SMILES string of the molecule is COc1cc(OC)c(OC)cc1CNC(=O)[C@@H]1CCCO1. The summed E-state index contributed by atoms with van der Waals surface area (Å²) < 4.78 is 21.2. The van der Waals surface area contributed by atoms with Gasteiger partial charge in [-0.15, -0.1) is 0 Å². The number of hydrogen-bond donors (Lipinski definition) is 1. The van der Waals surface area contributed by atoms with Gasteiger partial charge >= 0.3 is 0 Å². The molecular weight excluding hydrogens is 274 g/mol. The van der Waals surface area contributed by atoms with Crippen LogP contribution in [0.2, 0.25) is 0 Å². The van der Waals surface area contributed by atoms with E-state index in [2.05, 4.69) is 5.32 Å². The topological polar surface area (TPSA) is 66.0 Å². The molecule has 1 aromatic carbocycles. The van der Waals surface area contributed by atoms with Crippen molar-refractivity contribution in [2.45, 2.75) is 25.5 Å². The van der Waals surface area contributed by atoms with Crippen LogP contribution in [0.5, 0.6) is 17.2 Å². The van der Waals surface area contributed by atoms with Crippen LogP contribution in [0.25, 0.3) is 0 Å². The standard InChI is InChI=1S/C15H21NO5/c1-18-12-8-14(20-3)13(19-2)7-10(12)9-16-15(17)11-5-4-6-21-11/h7-8,11H,4-6,9H2,1-3H3,(H,16,17)/t11-/m0/s1. The molecule has 1 N–H and O–H groups in total. The lowest BCUT2D eigenvalue weighted by molar-refractivity contribution is -0.130. The number of rotatable bonds is 6. The molecule has 1 amide bonds. The summed E-state index contributed by atoms with van der Waals surface area (Å²) in [5.41, 5.74) is 0.821. The average Bonchev–Trinajstić information content (AvgIpc) is 3.06. The van der Waals surface area contributed by atoms with E-state index in [1.807, 2.05) is 0 Å². The fourth-order valence-corrected chi connectivity index (χ4v) is 2.31. The normalized spacial score (nSPS) is 17.4. The van der Waals surface area contributed by atoms with Crippen LogP contribution in [0.1, 0.15) is 18.4 Å². The van der Waals surface area contributed by atoms with Gasteiger partial charge in [0.25, 0.3) is 0 Å². The molecule has 0 aliphatic carbocycles. The summed E-state index contributed by atoms with van der Waals surface area (Å²) in [6, 6.07) is 3.54. The first-order chi connectivity index (χ1) is 10.2. The quantitative estimate of drug-likeness (QED) is 0.861. The summed E-state index contributed by atoms with van der Waals surface area (Å²) in [4.78, 5) is 12.0. The number of ether oxygens (including phenoxy) is 4. The molecular formula is C15H21NO5. The molecule has 1 fully saturated rings. The Balaban J connectivity index is 2.09. The predicted octanol–water partition coefficient (Wildman–Crippen LogP) is 1.51. The van der Waals surface area contributed by atoms with Crippen molar-refractivity contribution in [1.82, 2.24) is 5.32 Å². The van der Waals surface area contributed by atoms with Crippen LogP contribution in [0.4, 0.5) is 0 Å². The second-order valence-electron chi connectivity index (χ2n) is 4.74. The molecule has 2 rings (SSSR count). The van der Waals surface area contributed by atoms with Crippen molar-refractivity contribution in [3.63, 3.8) is 0 Å². The molecule has 6 nitrogen and oxygen atoms in total. The first kappa shape index (κ1) is 15.4. The smallest absolute Gasteiger partial charge is 0.249 e. The molecule has 1 aliphatic rings. The molecule has 0 bridgehead atoms. The molecule has 1 saturated heterocycles. The Hall–Kier alpha value is -1.95. The number of amides is 1. The average molecular weight is 295 g/mol. The number of hydrogen-bond acceptors (Lipinski definition) is 5. The molecule has 0 unspecified atom stereocenters. The molecule has 116 valence electrons. The Bertz CT molecular complexity index is 497. The van der Waals surface area contributed by atoms with Crippen LogP contribution in [-0.2, 0) is 16.1 Å². The monoisotopic (exact) mass is 295 g/mol. The summed E-state index contributed by atoms with van der Waals surface area (Å²) in [7, 11) is 4.71. The van der Waals surface area contributed by atoms with Gasteiger partial charge in [0.05, 0.1) is 21.3 Å². The Morgan fingerprint density at radius 1 is 1.19 bits per heavy atom. The first-order valence-corrected chi connectivity index (χ1v) is 6.87. The van der Waals surface area contributed by atoms with E-state index in [-0.39, 0.29) is 12.0 Å². The van der Waals surface area contributed by atoms with Gasteiger partial charge in [0.15, 0.2) is 11.5 Å². The van der Waals surface area contributed by atoms with E-state index >= 15 is 0 Å².